The van der Waals surface area contributed by atoms with Crippen LogP contribution in [0, 0.1) is 0 Å². The molecule has 0 amide bonds. The first kappa shape index (κ1) is 9.39. The van der Waals surface area contributed by atoms with Crippen LogP contribution in [0.3, 0.4) is 0 Å². The van der Waals surface area contributed by atoms with Crippen molar-refractivity contribution in [2.45, 2.75) is 24.8 Å². The number of hydrogen-bond donors (Lipinski definition) is 0. The van der Waals surface area contributed by atoms with Crippen LogP contribution in [0.4, 0.5) is 0 Å². The smallest absolute Gasteiger partial charge is 0.251 e. The second-order valence-corrected chi connectivity index (χ2v) is 3.79. The van der Waals surface area contributed by atoms with Crippen LogP contribution < -0.4 is 5.56 Å². The van der Waals surface area contributed by atoms with Crippen molar-refractivity contribution in [2.24, 2.45) is 0 Å². The monoisotopic (exact) mass is 183 g/mol. The molecule has 1 heterocycles. The fourth-order valence-electron chi connectivity index (χ4n) is 1.03. The molecule has 0 N–H and O–H groups in total. The average Bonchev–Trinajstić information content (AvgIpc) is 2.03. The number of rotatable bonds is 2. The lowest BCUT2D eigenvalue weighted by Gasteiger charge is -2.08. The Kier molecular flexibility index (Phi) is 2.98. The third kappa shape index (κ3) is 1.91. The first-order valence-corrected chi connectivity index (χ1v) is 5.14. The van der Waals surface area contributed by atoms with Gasteiger partial charge in [-0.3, -0.25) is 4.79 Å². The Morgan fingerprint density at radius 2 is 2.17 bits per heavy atom. The largest absolute Gasteiger partial charge is 0.313 e. The van der Waals surface area contributed by atoms with Crippen molar-refractivity contribution in [3.05, 3.63) is 28.7 Å². The van der Waals surface area contributed by atoms with E-state index in [-0.39, 0.29) is 11.6 Å². The van der Waals surface area contributed by atoms with Crippen LogP contribution in [-0.4, -0.2) is 10.8 Å². The Morgan fingerprint density at radius 1 is 1.50 bits per heavy atom. The topological polar surface area (TPSA) is 22.0 Å². The zero-order chi connectivity index (χ0) is 9.14. The van der Waals surface area contributed by atoms with Crippen molar-refractivity contribution < 1.29 is 0 Å². The van der Waals surface area contributed by atoms with Crippen molar-refractivity contribution >= 4 is 11.8 Å². The summed E-state index contributed by atoms with van der Waals surface area (Å²) in [4.78, 5) is 12.4. The van der Waals surface area contributed by atoms with Gasteiger partial charge in [-0.2, -0.15) is 0 Å². The van der Waals surface area contributed by atoms with Gasteiger partial charge in [-0.1, -0.05) is 0 Å². The molecule has 1 aromatic heterocycles. The molecule has 3 heteroatoms. The first-order chi connectivity index (χ1) is 5.65. The molecule has 0 unspecified atom stereocenters. The van der Waals surface area contributed by atoms with Crippen molar-refractivity contribution in [3.8, 4) is 0 Å². The summed E-state index contributed by atoms with van der Waals surface area (Å²) in [6.07, 6.45) is 3.81. The number of aromatic nitrogens is 1. The lowest BCUT2D eigenvalue weighted by atomic mass is 10.3. The van der Waals surface area contributed by atoms with Crippen LogP contribution in [0.5, 0.6) is 0 Å². The molecule has 0 saturated heterocycles. The van der Waals surface area contributed by atoms with Crippen LogP contribution >= 0.6 is 11.8 Å². The molecular weight excluding hydrogens is 170 g/mol. The Balaban J connectivity index is 3.12. The van der Waals surface area contributed by atoms with Gasteiger partial charge in [0, 0.05) is 23.2 Å². The summed E-state index contributed by atoms with van der Waals surface area (Å²) in [5, 5.41) is 0. The SMILES string of the molecule is CSc1ccn(C(C)C)c(=O)c1. The molecule has 1 rings (SSSR count). The Hall–Kier alpha value is -0.700. The van der Waals surface area contributed by atoms with Crippen molar-refractivity contribution in [2.75, 3.05) is 6.26 Å². The summed E-state index contributed by atoms with van der Waals surface area (Å²) in [6, 6.07) is 3.88. The summed E-state index contributed by atoms with van der Waals surface area (Å²) >= 11 is 1.59. The number of thioether (sulfide) groups is 1. The minimum absolute atomic E-state index is 0.0804. The van der Waals surface area contributed by atoms with Gasteiger partial charge in [-0.15, -0.1) is 11.8 Å². The minimum Gasteiger partial charge on any atom is -0.313 e. The van der Waals surface area contributed by atoms with Gasteiger partial charge in [-0.05, 0) is 26.2 Å². The van der Waals surface area contributed by atoms with Gasteiger partial charge in [0.05, 0.1) is 0 Å². The summed E-state index contributed by atoms with van der Waals surface area (Å²) in [7, 11) is 0. The van der Waals surface area contributed by atoms with E-state index in [1.165, 1.54) is 0 Å². The highest BCUT2D eigenvalue weighted by atomic mass is 32.2. The molecular formula is C9H13NOS. The Morgan fingerprint density at radius 3 is 2.58 bits per heavy atom. The highest BCUT2D eigenvalue weighted by Crippen LogP contribution is 2.11. The van der Waals surface area contributed by atoms with Crippen LogP contribution in [-0.2, 0) is 0 Å². The second kappa shape index (κ2) is 3.81. The molecule has 0 saturated carbocycles. The quantitative estimate of drug-likeness (QED) is 0.655. The molecule has 0 radical (unpaired) electrons. The molecule has 0 atom stereocenters. The van der Waals surface area contributed by atoms with Crippen molar-refractivity contribution in [3.63, 3.8) is 0 Å². The van der Waals surface area contributed by atoms with Gasteiger partial charge < -0.3 is 4.57 Å². The minimum atomic E-state index is 0.0804. The maximum atomic E-state index is 11.4. The highest BCUT2D eigenvalue weighted by molar-refractivity contribution is 7.98. The van der Waals surface area contributed by atoms with Crippen molar-refractivity contribution in [1.29, 1.82) is 0 Å². The maximum absolute atomic E-state index is 11.4. The lowest BCUT2D eigenvalue weighted by molar-refractivity contribution is 0.576. The molecule has 0 aliphatic rings. The summed E-state index contributed by atoms with van der Waals surface area (Å²) < 4.78 is 1.72. The van der Waals surface area contributed by atoms with Gasteiger partial charge in [0.1, 0.15) is 0 Å². The van der Waals surface area contributed by atoms with Gasteiger partial charge in [-0.25, -0.2) is 0 Å². The first-order valence-electron chi connectivity index (χ1n) is 3.91. The zero-order valence-corrected chi connectivity index (χ0v) is 8.39. The molecule has 66 valence electrons. The van der Waals surface area contributed by atoms with Crippen LogP contribution in [0.25, 0.3) is 0 Å². The van der Waals surface area contributed by atoms with E-state index >= 15 is 0 Å². The Labute approximate surface area is 76.6 Å². The van der Waals surface area contributed by atoms with E-state index in [1.807, 2.05) is 32.4 Å². The molecule has 0 spiro atoms. The van der Waals surface area contributed by atoms with E-state index in [1.54, 1.807) is 22.4 Å². The van der Waals surface area contributed by atoms with Gasteiger partial charge >= 0.3 is 0 Å². The molecule has 0 aliphatic heterocycles. The summed E-state index contributed by atoms with van der Waals surface area (Å²) in [5.74, 6) is 0. The van der Waals surface area contributed by atoms with E-state index in [9.17, 15) is 4.79 Å². The van der Waals surface area contributed by atoms with Crippen molar-refractivity contribution in [1.82, 2.24) is 4.57 Å². The molecule has 12 heavy (non-hydrogen) atoms. The molecule has 0 aliphatic carbocycles. The Bertz CT molecular complexity index is 317. The van der Waals surface area contributed by atoms with Crippen LogP contribution in [0.2, 0.25) is 0 Å². The fourth-order valence-corrected chi connectivity index (χ4v) is 1.44. The van der Waals surface area contributed by atoms with E-state index in [0.717, 1.165) is 4.90 Å². The number of nitrogens with zero attached hydrogens (tertiary/aromatic N) is 1. The van der Waals surface area contributed by atoms with E-state index < -0.39 is 0 Å². The van der Waals surface area contributed by atoms with E-state index in [2.05, 4.69) is 0 Å². The van der Waals surface area contributed by atoms with Gasteiger partial charge in [0.25, 0.3) is 5.56 Å². The second-order valence-electron chi connectivity index (χ2n) is 2.91. The highest BCUT2D eigenvalue weighted by Gasteiger charge is 2.00. The average molecular weight is 183 g/mol. The van der Waals surface area contributed by atoms with E-state index in [4.69, 9.17) is 0 Å². The lowest BCUT2D eigenvalue weighted by Crippen LogP contribution is -2.19. The predicted molar refractivity (Wildman–Crippen MR) is 52.9 cm³/mol. The number of hydrogen-bond acceptors (Lipinski definition) is 2. The molecule has 0 bridgehead atoms. The summed E-state index contributed by atoms with van der Waals surface area (Å²) in [5.41, 5.74) is 0.0804. The molecule has 0 fully saturated rings. The normalized spacial score (nSPS) is 10.7. The molecule has 2 nitrogen and oxygen atoms in total. The summed E-state index contributed by atoms with van der Waals surface area (Å²) in [6.45, 7) is 4.00. The maximum Gasteiger partial charge on any atom is 0.251 e. The van der Waals surface area contributed by atoms with Crippen LogP contribution in [0.1, 0.15) is 19.9 Å². The standard InChI is InChI=1S/C9H13NOS/c1-7(2)10-5-4-8(12-3)6-9(10)11/h4-7H,1-3H3. The van der Waals surface area contributed by atoms with Gasteiger partial charge in [0.15, 0.2) is 0 Å². The number of pyridine rings is 1. The molecule has 0 aromatic carbocycles. The molecule has 1 aromatic rings. The third-order valence-electron chi connectivity index (χ3n) is 1.71. The fraction of sp³-hybridized carbons (Fsp3) is 0.444. The van der Waals surface area contributed by atoms with E-state index in [0.29, 0.717) is 0 Å². The third-order valence-corrected chi connectivity index (χ3v) is 2.44. The van der Waals surface area contributed by atoms with Gasteiger partial charge in [0.2, 0.25) is 0 Å². The predicted octanol–water partition coefficient (Wildman–Crippen LogP) is 2.15. The van der Waals surface area contributed by atoms with Crippen LogP contribution in [0.15, 0.2) is 28.0 Å². The zero-order valence-electron chi connectivity index (χ0n) is 7.57.